The lowest BCUT2D eigenvalue weighted by atomic mass is 9.83. The smallest absolute Gasteiger partial charge is 0.138 e. The fourth-order valence-electron chi connectivity index (χ4n) is 1.42. The Bertz CT molecular complexity index is 206. The number of hydrogen-bond acceptors (Lipinski definition) is 3. The minimum absolute atomic E-state index is 0.00742. The normalized spacial score (nSPS) is 16.1. The zero-order valence-electron chi connectivity index (χ0n) is 9.83. The van der Waals surface area contributed by atoms with Crippen LogP contribution in [0.15, 0.2) is 5.18 Å². The van der Waals surface area contributed by atoms with Crippen LogP contribution in [0.25, 0.3) is 0 Å². The lowest BCUT2D eigenvalue weighted by molar-refractivity contribution is -0.124. The van der Waals surface area contributed by atoms with Crippen molar-refractivity contribution < 1.29 is 4.79 Å². The van der Waals surface area contributed by atoms with E-state index in [0.717, 1.165) is 0 Å². The van der Waals surface area contributed by atoms with Gasteiger partial charge in [-0.2, -0.15) is 4.91 Å². The molecule has 14 heavy (non-hydrogen) atoms. The largest absolute Gasteiger partial charge is 0.299 e. The molecule has 0 heterocycles. The van der Waals surface area contributed by atoms with Crippen LogP contribution in [0.3, 0.4) is 0 Å². The Balaban J connectivity index is 4.31. The van der Waals surface area contributed by atoms with Crippen molar-refractivity contribution in [2.24, 2.45) is 16.5 Å². The highest BCUT2D eigenvalue weighted by atomic mass is 16.3. The molecule has 0 N–H and O–H groups in total. The molecular weight excluding hydrogens is 178 g/mol. The maximum atomic E-state index is 11.7. The number of Topliss-reactive ketones (excluding diaryl/α,β-unsaturated/α-hetero) is 1. The molecule has 0 spiro atoms. The molecule has 0 saturated carbocycles. The predicted molar refractivity (Wildman–Crippen MR) is 58.1 cm³/mol. The van der Waals surface area contributed by atoms with Gasteiger partial charge in [0.1, 0.15) is 11.8 Å². The van der Waals surface area contributed by atoms with E-state index < -0.39 is 0 Å². The molecule has 0 aromatic rings. The molecular formula is C11H21NO2. The van der Waals surface area contributed by atoms with Gasteiger partial charge in [-0.15, -0.1) is 0 Å². The van der Waals surface area contributed by atoms with E-state index in [-0.39, 0.29) is 23.2 Å². The third-order valence-electron chi connectivity index (χ3n) is 2.34. The summed E-state index contributed by atoms with van der Waals surface area (Å²) < 4.78 is 0. The zero-order valence-corrected chi connectivity index (χ0v) is 9.83. The van der Waals surface area contributed by atoms with E-state index in [2.05, 4.69) is 5.18 Å². The molecule has 0 saturated heterocycles. The summed E-state index contributed by atoms with van der Waals surface area (Å²) in [5.74, 6) is -0.0966. The first-order valence-electron chi connectivity index (χ1n) is 5.17. The molecule has 0 rings (SSSR count). The molecule has 0 aliphatic heterocycles. The maximum absolute atomic E-state index is 11.7. The average Bonchev–Trinajstić information content (AvgIpc) is 2.03. The summed E-state index contributed by atoms with van der Waals surface area (Å²) in [7, 11) is 0. The summed E-state index contributed by atoms with van der Waals surface area (Å²) >= 11 is 0. The molecule has 3 heteroatoms. The molecule has 0 bridgehead atoms. The van der Waals surface area contributed by atoms with E-state index in [1.54, 1.807) is 6.92 Å². The van der Waals surface area contributed by atoms with Crippen LogP contribution in [0.2, 0.25) is 0 Å². The summed E-state index contributed by atoms with van der Waals surface area (Å²) in [5, 5.41) is 2.99. The Morgan fingerprint density at radius 1 is 1.36 bits per heavy atom. The van der Waals surface area contributed by atoms with Gasteiger partial charge in [0, 0.05) is 12.3 Å². The van der Waals surface area contributed by atoms with Crippen LogP contribution in [-0.2, 0) is 4.79 Å². The van der Waals surface area contributed by atoms with Gasteiger partial charge < -0.3 is 0 Å². The Morgan fingerprint density at radius 2 is 1.86 bits per heavy atom. The average molecular weight is 199 g/mol. The van der Waals surface area contributed by atoms with Crippen molar-refractivity contribution in [1.29, 1.82) is 0 Å². The number of nitroso groups, excluding NO2 is 1. The number of hydrogen-bond donors (Lipinski definition) is 0. The second-order valence-corrected chi connectivity index (χ2v) is 5.07. The van der Waals surface area contributed by atoms with Crippen molar-refractivity contribution >= 4 is 5.78 Å². The molecule has 0 amide bonds. The minimum atomic E-state index is -0.357. The second kappa shape index (κ2) is 5.23. The first kappa shape index (κ1) is 13.3. The highest BCUT2D eigenvalue weighted by molar-refractivity contribution is 5.81. The van der Waals surface area contributed by atoms with Crippen LogP contribution in [0.4, 0.5) is 0 Å². The number of rotatable bonds is 5. The Morgan fingerprint density at radius 3 is 2.14 bits per heavy atom. The molecule has 0 aliphatic rings. The van der Waals surface area contributed by atoms with Gasteiger partial charge in [0.2, 0.25) is 0 Å². The first-order valence-corrected chi connectivity index (χ1v) is 5.17. The van der Waals surface area contributed by atoms with Crippen LogP contribution in [0.1, 0.15) is 47.5 Å². The fourth-order valence-corrected chi connectivity index (χ4v) is 1.42. The van der Waals surface area contributed by atoms with Crippen molar-refractivity contribution in [2.75, 3.05) is 0 Å². The zero-order chi connectivity index (χ0) is 11.4. The van der Waals surface area contributed by atoms with Crippen molar-refractivity contribution in [1.82, 2.24) is 0 Å². The lowest BCUT2D eigenvalue weighted by Gasteiger charge is -2.21. The van der Waals surface area contributed by atoms with Crippen LogP contribution < -0.4 is 0 Å². The molecule has 0 aliphatic carbocycles. The summed E-state index contributed by atoms with van der Waals surface area (Å²) in [6, 6.07) is -0.357. The van der Waals surface area contributed by atoms with Gasteiger partial charge in [-0.25, -0.2) is 0 Å². The van der Waals surface area contributed by atoms with Gasteiger partial charge in [0.05, 0.1) is 0 Å². The van der Waals surface area contributed by atoms with Gasteiger partial charge in [0.15, 0.2) is 0 Å². The molecule has 3 nitrogen and oxygen atoms in total. The number of carbonyl (C=O) groups excluding carboxylic acids is 1. The SMILES string of the molecule is CCC(N=O)C(C)C(=O)CC(C)(C)C. The third kappa shape index (κ3) is 4.49. The van der Waals surface area contributed by atoms with Gasteiger partial charge in [-0.1, -0.05) is 39.8 Å². The van der Waals surface area contributed by atoms with E-state index in [4.69, 9.17) is 0 Å². The van der Waals surface area contributed by atoms with E-state index >= 15 is 0 Å². The first-order chi connectivity index (χ1) is 6.31. The standard InChI is InChI=1S/C11H21NO2/c1-6-9(12-14)8(2)10(13)7-11(3,4)5/h8-9H,6-7H2,1-5H3. The van der Waals surface area contributed by atoms with Gasteiger partial charge in [-0.3, -0.25) is 4.79 Å². The Hall–Kier alpha value is -0.730. The summed E-state index contributed by atoms with van der Waals surface area (Å²) in [5.41, 5.74) is -0.00742. The summed E-state index contributed by atoms with van der Waals surface area (Å²) in [4.78, 5) is 22.2. The highest BCUT2D eigenvalue weighted by Crippen LogP contribution is 2.23. The molecule has 2 atom stereocenters. The predicted octanol–water partition coefficient (Wildman–Crippen LogP) is 3.17. The van der Waals surface area contributed by atoms with Crippen molar-refractivity contribution in [2.45, 2.75) is 53.5 Å². The van der Waals surface area contributed by atoms with E-state index in [0.29, 0.717) is 12.8 Å². The third-order valence-corrected chi connectivity index (χ3v) is 2.34. The molecule has 82 valence electrons. The molecule has 0 fully saturated rings. The van der Waals surface area contributed by atoms with Crippen molar-refractivity contribution in [3.8, 4) is 0 Å². The van der Waals surface area contributed by atoms with Crippen LogP contribution in [-0.4, -0.2) is 11.8 Å². The Labute approximate surface area is 86.2 Å². The van der Waals surface area contributed by atoms with Crippen LogP contribution >= 0.6 is 0 Å². The summed E-state index contributed by atoms with van der Waals surface area (Å²) in [6.07, 6.45) is 1.15. The summed E-state index contributed by atoms with van der Waals surface area (Å²) in [6.45, 7) is 9.74. The maximum Gasteiger partial charge on any atom is 0.138 e. The van der Waals surface area contributed by atoms with E-state index in [1.165, 1.54) is 0 Å². The van der Waals surface area contributed by atoms with Gasteiger partial charge in [0.25, 0.3) is 0 Å². The van der Waals surface area contributed by atoms with E-state index in [1.807, 2.05) is 27.7 Å². The molecule has 0 radical (unpaired) electrons. The fraction of sp³-hybridized carbons (Fsp3) is 0.909. The van der Waals surface area contributed by atoms with Gasteiger partial charge >= 0.3 is 0 Å². The minimum Gasteiger partial charge on any atom is -0.299 e. The highest BCUT2D eigenvalue weighted by Gasteiger charge is 2.26. The van der Waals surface area contributed by atoms with Gasteiger partial charge in [-0.05, 0) is 11.8 Å². The molecule has 2 unspecified atom stereocenters. The number of nitrogens with zero attached hydrogens (tertiary/aromatic N) is 1. The van der Waals surface area contributed by atoms with Crippen molar-refractivity contribution in [3.63, 3.8) is 0 Å². The number of ketones is 1. The Kier molecular flexibility index (Phi) is 4.95. The lowest BCUT2D eigenvalue weighted by Crippen LogP contribution is -2.26. The van der Waals surface area contributed by atoms with E-state index in [9.17, 15) is 9.70 Å². The van der Waals surface area contributed by atoms with Crippen molar-refractivity contribution in [3.05, 3.63) is 4.91 Å². The monoisotopic (exact) mass is 199 g/mol. The second-order valence-electron chi connectivity index (χ2n) is 5.07. The number of carbonyl (C=O) groups is 1. The van der Waals surface area contributed by atoms with Crippen LogP contribution in [0, 0.1) is 16.2 Å². The molecule has 0 aromatic heterocycles. The topological polar surface area (TPSA) is 46.5 Å². The van der Waals surface area contributed by atoms with Crippen LogP contribution in [0.5, 0.6) is 0 Å². The molecule has 0 aromatic carbocycles. The quantitative estimate of drug-likeness (QED) is 0.638.